The van der Waals surface area contributed by atoms with Crippen LogP contribution in [0.1, 0.15) is 49.7 Å². The monoisotopic (exact) mass is 528 g/mol. The Morgan fingerprint density at radius 1 is 1.14 bits per heavy atom. The number of alkyl halides is 3. The predicted molar refractivity (Wildman–Crippen MR) is 125 cm³/mol. The van der Waals surface area contributed by atoms with E-state index in [0.29, 0.717) is 23.4 Å². The summed E-state index contributed by atoms with van der Waals surface area (Å²) in [6, 6.07) is 7.02. The molecule has 1 aromatic heterocycles. The fourth-order valence-electron chi connectivity index (χ4n) is 4.61. The third-order valence-electron chi connectivity index (χ3n) is 6.48. The highest BCUT2D eigenvalue weighted by Crippen LogP contribution is 2.49. The summed E-state index contributed by atoms with van der Waals surface area (Å²) in [7, 11) is 0. The molecule has 2 heterocycles. The van der Waals surface area contributed by atoms with Crippen LogP contribution in [0, 0.1) is 0 Å². The first-order valence-electron chi connectivity index (χ1n) is 10.7. The summed E-state index contributed by atoms with van der Waals surface area (Å²) >= 11 is 12.4. The maximum atomic E-state index is 13.7. The number of carboxylic acid groups (broad SMARTS) is 1. The van der Waals surface area contributed by atoms with Gasteiger partial charge < -0.3 is 10.0 Å². The first-order chi connectivity index (χ1) is 16.5. The SMILES string of the molecule is CCC1(CC)CN(C(c2ccc(Cl)c(Cl)c2)c2nn[nH]n2)c2cc(C(F)(F)F)ccc2N1C(=O)O. The average molecular weight is 529 g/mol. The van der Waals surface area contributed by atoms with Crippen molar-refractivity contribution in [1.82, 2.24) is 20.6 Å². The van der Waals surface area contributed by atoms with Crippen LogP contribution in [0.15, 0.2) is 36.4 Å². The molecule has 35 heavy (non-hydrogen) atoms. The Bertz CT molecular complexity index is 1230. The molecule has 0 bridgehead atoms. The molecule has 2 aromatic carbocycles. The largest absolute Gasteiger partial charge is 0.465 e. The maximum absolute atomic E-state index is 13.7. The molecule has 0 saturated heterocycles. The molecular formula is C22H21Cl2F3N6O2. The van der Waals surface area contributed by atoms with E-state index in [-0.39, 0.29) is 28.8 Å². The summed E-state index contributed by atoms with van der Waals surface area (Å²) in [6.45, 7) is 3.75. The van der Waals surface area contributed by atoms with E-state index in [4.69, 9.17) is 23.2 Å². The van der Waals surface area contributed by atoms with Crippen LogP contribution in [0.25, 0.3) is 0 Å². The minimum absolute atomic E-state index is 0.0695. The third-order valence-corrected chi connectivity index (χ3v) is 7.22. The number of hydrogen-bond acceptors (Lipinski definition) is 5. The van der Waals surface area contributed by atoms with Crippen LogP contribution in [-0.2, 0) is 6.18 Å². The second-order valence-corrected chi connectivity index (χ2v) is 9.04. The van der Waals surface area contributed by atoms with Crippen molar-refractivity contribution in [3.8, 4) is 0 Å². The van der Waals surface area contributed by atoms with Gasteiger partial charge in [0.2, 0.25) is 5.82 Å². The molecule has 2 N–H and O–H groups in total. The van der Waals surface area contributed by atoms with E-state index < -0.39 is 29.4 Å². The Hall–Kier alpha value is -3.05. The smallest absolute Gasteiger partial charge is 0.416 e. The molecule has 0 aliphatic carbocycles. The van der Waals surface area contributed by atoms with Gasteiger partial charge in [0.05, 0.1) is 32.5 Å². The zero-order valence-corrected chi connectivity index (χ0v) is 20.2. The van der Waals surface area contributed by atoms with E-state index in [1.54, 1.807) is 23.1 Å². The molecular weight excluding hydrogens is 508 g/mol. The van der Waals surface area contributed by atoms with Gasteiger partial charge in [-0.3, -0.25) is 4.90 Å². The second kappa shape index (κ2) is 9.19. The number of anilines is 2. The molecule has 8 nitrogen and oxygen atoms in total. The van der Waals surface area contributed by atoms with Crippen LogP contribution in [0.3, 0.4) is 0 Å². The summed E-state index contributed by atoms with van der Waals surface area (Å²) in [4.78, 5) is 15.3. The fraction of sp³-hybridized carbons (Fsp3) is 0.364. The molecule has 1 atom stereocenters. The number of aromatic nitrogens is 4. The van der Waals surface area contributed by atoms with E-state index in [1.165, 1.54) is 11.0 Å². The van der Waals surface area contributed by atoms with Gasteiger partial charge in [0, 0.05) is 6.54 Å². The van der Waals surface area contributed by atoms with E-state index >= 15 is 0 Å². The van der Waals surface area contributed by atoms with Gasteiger partial charge in [-0.25, -0.2) is 4.79 Å². The average Bonchev–Trinajstić information content (AvgIpc) is 3.34. The number of nitrogens with one attached hydrogen (secondary N) is 1. The second-order valence-electron chi connectivity index (χ2n) is 8.22. The quantitative estimate of drug-likeness (QED) is 0.410. The molecule has 0 saturated carbocycles. The minimum atomic E-state index is -4.63. The van der Waals surface area contributed by atoms with Gasteiger partial charge in [-0.1, -0.05) is 48.3 Å². The number of H-pyrrole nitrogens is 1. The van der Waals surface area contributed by atoms with Gasteiger partial charge in [-0.2, -0.15) is 18.4 Å². The Balaban J connectivity index is 2.02. The van der Waals surface area contributed by atoms with Crippen LogP contribution < -0.4 is 9.80 Å². The number of nitrogens with zero attached hydrogens (tertiary/aromatic N) is 5. The highest BCUT2D eigenvalue weighted by Gasteiger charge is 2.48. The van der Waals surface area contributed by atoms with Crippen molar-refractivity contribution in [2.75, 3.05) is 16.3 Å². The molecule has 1 unspecified atom stereocenters. The van der Waals surface area contributed by atoms with Gasteiger partial charge in [-0.05, 0) is 48.7 Å². The van der Waals surface area contributed by atoms with E-state index in [2.05, 4.69) is 20.6 Å². The molecule has 1 aliphatic rings. The van der Waals surface area contributed by atoms with Gasteiger partial charge >= 0.3 is 12.3 Å². The number of hydrogen-bond donors (Lipinski definition) is 2. The van der Waals surface area contributed by atoms with Crippen molar-refractivity contribution in [3.05, 3.63) is 63.4 Å². The number of amides is 1. The Morgan fingerprint density at radius 2 is 1.86 bits per heavy atom. The highest BCUT2D eigenvalue weighted by molar-refractivity contribution is 6.42. The Morgan fingerprint density at radius 3 is 2.40 bits per heavy atom. The van der Waals surface area contributed by atoms with Crippen LogP contribution in [0.4, 0.5) is 29.3 Å². The minimum Gasteiger partial charge on any atom is -0.465 e. The van der Waals surface area contributed by atoms with Crippen molar-refractivity contribution in [2.24, 2.45) is 0 Å². The van der Waals surface area contributed by atoms with Gasteiger partial charge in [0.1, 0.15) is 6.04 Å². The lowest BCUT2D eigenvalue weighted by atomic mass is 9.85. The van der Waals surface area contributed by atoms with Crippen LogP contribution in [0.5, 0.6) is 0 Å². The molecule has 186 valence electrons. The van der Waals surface area contributed by atoms with E-state index in [1.807, 2.05) is 13.8 Å². The van der Waals surface area contributed by atoms with Crippen molar-refractivity contribution in [2.45, 2.75) is 44.4 Å². The first-order valence-corrected chi connectivity index (χ1v) is 11.5. The number of tetrazole rings is 1. The summed E-state index contributed by atoms with van der Waals surface area (Å²) < 4.78 is 41.1. The van der Waals surface area contributed by atoms with Crippen molar-refractivity contribution in [1.29, 1.82) is 0 Å². The van der Waals surface area contributed by atoms with Crippen LogP contribution >= 0.6 is 23.2 Å². The lowest BCUT2D eigenvalue weighted by Crippen LogP contribution is -2.61. The molecule has 1 amide bonds. The third kappa shape index (κ3) is 4.38. The van der Waals surface area contributed by atoms with E-state index in [9.17, 15) is 23.1 Å². The molecule has 0 fully saturated rings. The van der Waals surface area contributed by atoms with E-state index in [0.717, 1.165) is 12.1 Å². The zero-order chi connectivity index (χ0) is 25.5. The van der Waals surface area contributed by atoms with Crippen LogP contribution in [-0.4, -0.2) is 43.9 Å². The molecule has 1 aliphatic heterocycles. The van der Waals surface area contributed by atoms with Gasteiger partial charge in [-0.15, -0.1) is 10.2 Å². The molecule has 13 heteroatoms. The number of carbonyl (C=O) groups is 1. The van der Waals surface area contributed by atoms with Crippen molar-refractivity contribution in [3.63, 3.8) is 0 Å². The number of benzene rings is 2. The summed E-state index contributed by atoms with van der Waals surface area (Å²) in [5.41, 5.74) is -1.09. The standard InChI is InChI=1S/C22H21Cl2F3N6O2/c1-3-21(4-2)11-32(17-10-13(22(25,26)27)6-8-16(17)33(21)20(34)35)18(19-28-30-31-29-19)12-5-7-14(23)15(24)9-12/h5-10,18H,3-4,11H2,1-2H3,(H,34,35)(H,28,29,30,31). The Kier molecular flexibility index (Phi) is 6.58. The lowest BCUT2D eigenvalue weighted by molar-refractivity contribution is -0.137. The number of fused-ring (bicyclic) bond motifs is 1. The van der Waals surface area contributed by atoms with Crippen LogP contribution in [0.2, 0.25) is 10.0 Å². The number of aromatic amines is 1. The number of rotatable bonds is 5. The van der Waals surface area contributed by atoms with Gasteiger partial charge in [0.15, 0.2) is 0 Å². The number of halogens is 5. The summed E-state index contributed by atoms with van der Waals surface area (Å²) in [6.07, 6.45) is -5.07. The predicted octanol–water partition coefficient (Wildman–Crippen LogP) is 6.18. The zero-order valence-electron chi connectivity index (χ0n) is 18.6. The van der Waals surface area contributed by atoms with Gasteiger partial charge in [0.25, 0.3) is 0 Å². The Labute approximate surface area is 208 Å². The summed E-state index contributed by atoms with van der Waals surface area (Å²) in [5.74, 6) is 0.177. The topological polar surface area (TPSA) is 98.2 Å². The van der Waals surface area contributed by atoms with Crippen molar-refractivity contribution >= 4 is 40.7 Å². The van der Waals surface area contributed by atoms with Crippen molar-refractivity contribution < 1.29 is 23.1 Å². The molecule has 0 spiro atoms. The normalized spacial score (nSPS) is 16.2. The molecule has 3 aromatic rings. The molecule has 4 rings (SSSR count). The summed E-state index contributed by atoms with van der Waals surface area (Å²) in [5, 5.41) is 24.9. The highest BCUT2D eigenvalue weighted by atomic mass is 35.5. The maximum Gasteiger partial charge on any atom is 0.416 e. The lowest BCUT2D eigenvalue weighted by Gasteiger charge is -2.52. The first kappa shape index (κ1) is 25.1. The molecule has 0 radical (unpaired) electrons. The fourth-order valence-corrected chi connectivity index (χ4v) is 4.92.